The van der Waals surface area contributed by atoms with Gasteiger partial charge in [-0.2, -0.15) is 4.98 Å². The van der Waals surface area contributed by atoms with Gasteiger partial charge in [-0.15, -0.1) is 0 Å². The molecule has 0 spiro atoms. The van der Waals surface area contributed by atoms with Crippen LogP contribution >= 0.6 is 23.2 Å². The number of nitrogens with two attached hydrogens (primary N) is 1. The van der Waals surface area contributed by atoms with Crippen molar-refractivity contribution in [2.24, 2.45) is 0 Å². The van der Waals surface area contributed by atoms with Gasteiger partial charge in [0.25, 0.3) is 5.91 Å². The first-order chi connectivity index (χ1) is 17.2. The predicted molar refractivity (Wildman–Crippen MR) is 136 cm³/mol. The number of hydrogen-bond donors (Lipinski definition) is 1. The molecule has 0 saturated heterocycles. The molecule has 1 amide bonds. The zero-order valence-corrected chi connectivity index (χ0v) is 21.0. The van der Waals surface area contributed by atoms with Crippen molar-refractivity contribution in [3.63, 3.8) is 0 Å². The van der Waals surface area contributed by atoms with Gasteiger partial charge in [0.2, 0.25) is 11.8 Å². The van der Waals surface area contributed by atoms with Gasteiger partial charge in [0.1, 0.15) is 11.9 Å². The number of amides is 1. The van der Waals surface area contributed by atoms with Crippen LogP contribution in [-0.4, -0.2) is 32.5 Å². The summed E-state index contributed by atoms with van der Waals surface area (Å²) in [4.78, 5) is 28.2. The van der Waals surface area contributed by atoms with Crippen LogP contribution in [0.25, 0.3) is 11.4 Å². The maximum Gasteiger partial charge on any atom is 0.279 e. The van der Waals surface area contributed by atoms with Gasteiger partial charge in [-0.3, -0.25) is 9.69 Å². The van der Waals surface area contributed by atoms with Gasteiger partial charge in [0.15, 0.2) is 11.5 Å². The Balaban J connectivity index is 1.80. The molecule has 11 heteroatoms. The lowest BCUT2D eigenvalue weighted by Gasteiger charge is -2.29. The van der Waals surface area contributed by atoms with Crippen molar-refractivity contribution in [1.82, 2.24) is 19.5 Å². The highest BCUT2D eigenvalue weighted by Gasteiger charge is 2.46. The Hall–Kier alpha value is -3.69. The van der Waals surface area contributed by atoms with Crippen LogP contribution in [-0.2, 0) is 0 Å². The number of aromatic nitrogens is 4. The summed E-state index contributed by atoms with van der Waals surface area (Å²) in [5, 5.41) is 0.446. The minimum atomic E-state index is -0.706. The Kier molecular flexibility index (Phi) is 6.05. The molecule has 36 heavy (non-hydrogen) atoms. The fraction of sp³-hybridized carbons (Fsp3) is 0.200. The lowest BCUT2D eigenvalue weighted by atomic mass is 10.0. The highest BCUT2D eigenvalue weighted by Crippen LogP contribution is 2.46. The number of hydrogen-bond acceptors (Lipinski definition) is 6. The van der Waals surface area contributed by atoms with E-state index < -0.39 is 17.8 Å². The average molecular weight is 527 g/mol. The quantitative estimate of drug-likeness (QED) is 0.357. The van der Waals surface area contributed by atoms with Crippen LogP contribution in [0, 0.1) is 5.82 Å². The van der Waals surface area contributed by atoms with E-state index in [0.29, 0.717) is 22.1 Å². The highest BCUT2D eigenvalue weighted by molar-refractivity contribution is 6.31. The molecule has 0 aliphatic carbocycles. The van der Waals surface area contributed by atoms with Crippen LogP contribution in [0.5, 0.6) is 5.88 Å². The molecule has 1 unspecified atom stereocenters. The number of methoxy groups -OCH3 is 1. The topological polar surface area (TPSA) is 99.2 Å². The minimum absolute atomic E-state index is 0.0449. The summed E-state index contributed by atoms with van der Waals surface area (Å²) >= 11 is 12.2. The minimum Gasteiger partial charge on any atom is -0.480 e. The van der Waals surface area contributed by atoms with Gasteiger partial charge in [-0.05, 0) is 43.7 Å². The molecule has 2 N–H and O–H groups in total. The number of nitrogens with zero attached hydrogens (tertiary/aromatic N) is 5. The van der Waals surface area contributed by atoms with E-state index in [1.807, 2.05) is 18.4 Å². The molecule has 1 atom stereocenters. The number of benzene rings is 2. The van der Waals surface area contributed by atoms with E-state index >= 15 is 4.39 Å². The van der Waals surface area contributed by atoms with Crippen LogP contribution in [0.2, 0.25) is 10.0 Å². The summed E-state index contributed by atoms with van der Waals surface area (Å²) in [5.74, 6) is -0.459. The molecular formula is C25H21Cl2FN6O2. The molecule has 1 aliphatic rings. The number of rotatable bonds is 5. The zero-order valence-electron chi connectivity index (χ0n) is 19.5. The van der Waals surface area contributed by atoms with Crippen molar-refractivity contribution < 1.29 is 13.9 Å². The highest BCUT2D eigenvalue weighted by atomic mass is 35.5. The Labute approximate surface area is 216 Å². The second-order valence-electron chi connectivity index (χ2n) is 8.49. The average Bonchev–Trinajstić information content (AvgIpc) is 3.36. The smallest absolute Gasteiger partial charge is 0.279 e. The van der Waals surface area contributed by atoms with Gasteiger partial charge in [-0.25, -0.2) is 14.4 Å². The van der Waals surface area contributed by atoms with E-state index in [-0.39, 0.29) is 34.3 Å². The molecule has 2 aromatic carbocycles. The maximum atomic E-state index is 15.2. The summed E-state index contributed by atoms with van der Waals surface area (Å²) < 4.78 is 22.6. The number of halogens is 3. The first kappa shape index (κ1) is 24.0. The normalized spacial score (nSPS) is 15.0. The molecule has 5 rings (SSSR count). The summed E-state index contributed by atoms with van der Waals surface area (Å²) in [6.07, 6.45) is 1.51. The fourth-order valence-electron chi connectivity index (χ4n) is 4.50. The van der Waals surface area contributed by atoms with Gasteiger partial charge in [0, 0.05) is 17.3 Å². The molecule has 0 radical (unpaired) electrons. The standard InChI is InChI=1S/C25H21Cl2FN6O2/c1-12(2)33-21-19(31-22(33)15-11-30-25(29)32-23(15)36-3)24(35)34(17-6-4-5-16(27)18(17)28)20(21)13-7-9-14(26)10-8-13/h4-12,20H,1-3H3,(H2,29,30,32). The third-order valence-electron chi connectivity index (χ3n) is 5.99. The molecule has 0 fully saturated rings. The van der Waals surface area contributed by atoms with E-state index in [9.17, 15) is 4.79 Å². The Morgan fingerprint density at radius 1 is 1.11 bits per heavy atom. The third-order valence-corrected chi connectivity index (χ3v) is 6.53. The summed E-state index contributed by atoms with van der Waals surface area (Å²) in [7, 11) is 1.47. The lowest BCUT2D eigenvalue weighted by molar-refractivity contribution is 0.0988. The van der Waals surface area contributed by atoms with Crippen LogP contribution in [0.3, 0.4) is 0 Å². The second-order valence-corrected chi connectivity index (χ2v) is 9.33. The Bertz CT molecular complexity index is 1490. The number of nitrogen functional groups attached to an aromatic ring is 1. The molecule has 0 saturated carbocycles. The first-order valence-electron chi connectivity index (χ1n) is 11.0. The number of imidazole rings is 1. The van der Waals surface area contributed by atoms with Crippen LogP contribution in [0.4, 0.5) is 16.0 Å². The number of carbonyl (C=O) groups is 1. The van der Waals surface area contributed by atoms with Crippen molar-refractivity contribution in [3.05, 3.63) is 81.5 Å². The van der Waals surface area contributed by atoms with E-state index in [2.05, 4.69) is 9.97 Å². The number of anilines is 2. The molecule has 8 nitrogen and oxygen atoms in total. The molecule has 1 aliphatic heterocycles. The number of ether oxygens (including phenoxy) is 1. The molecule has 3 heterocycles. The molecular weight excluding hydrogens is 506 g/mol. The summed E-state index contributed by atoms with van der Waals surface area (Å²) in [5.41, 5.74) is 7.76. The Morgan fingerprint density at radius 2 is 1.83 bits per heavy atom. The molecule has 0 bridgehead atoms. The summed E-state index contributed by atoms with van der Waals surface area (Å²) in [6.45, 7) is 3.92. The van der Waals surface area contributed by atoms with Crippen LogP contribution < -0.4 is 15.4 Å². The van der Waals surface area contributed by atoms with E-state index in [0.717, 1.165) is 5.56 Å². The maximum absolute atomic E-state index is 15.2. The molecule has 4 aromatic rings. The molecule has 2 aromatic heterocycles. The largest absolute Gasteiger partial charge is 0.480 e. The fourth-order valence-corrected chi connectivity index (χ4v) is 4.79. The number of fused-ring (bicyclic) bond motifs is 1. The van der Waals surface area contributed by atoms with Gasteiger partial charge in [0.05, 0.1) is 29.1 Å². The van der Waals surface area contributed by atoms with Crippen LogP contribution in [0.15, 0.2) is 48.7 Å². The summed E-state index contributed by atoms with van der Waals surface area (Å²) in [6, 6.07) is 10.7. The van der Waals surface area contributed by atoms with Crippen LogP contribution in [0.1, 0.15) is 47.7 Å². The van der Waals surface area contributed by atoms with Crippen molar-refractivity contribution >= 4 is 40.7 Å². The zero-order chi connectivity index (χ0) is 25.7. The third kappa shape index (κ3) is 3.75. The van der Waals surface area contributed by atoms with Gasteiger partial charge in [-0.1, -0.05) is 41.4 Å². The van der Waals surface area contributed by atoms with E-state index in [1.165, 1.54) is 30.3 Å². The second kappa shape index (κ2) is 9.07. The monoisotopic (exact) mass is 526 g/mol. The molecule has 184 valence electrons. The van der Waals surface area contributed by atoms with E-state index in [1.54, 1.807) is 30.3 Å². The van der Waals surface area contributed by atoms with Crippen molar-refractivity contribution in [1.29, 1.82) is 0 Å². The predicted octanol–water partition coefficient (Wildman–Crippen LogP) is 5.71. The van der Waals surface area contributed by atoms with Gasteiger partial charge >= 0.3 is 0 Å². The first-order valence-corrected chi connectivity index (χ1v) is 11.8. The lowest BCUT2D eigenvalue weighted by Crippen LogP contribution is -2.31. The Morgan fingerprint density at radius 3 is 2.50 bits per heavy atom. The van der Waals surface area contributed by atoms with Gasteiger partial charge < -0.3 is 15.0 Å². The number of carbonyl (C=O) groups excluding carboxylic acids is 1. The van der Waals surface area contributed by atoms with E-state index in [4.69, 9.17) is 38.7 Å². The van der Waals surface area contributed by atoms with Crippen molar-refractivity contribution in [2.75, 3.05) is 17.7 Å². The SMILES string of the molecule is COc1nc(N)ncc1-c1nc2c(n1C(C)C)C(c1ccc(Cl)cc1)N(c1cccc(Cl)c1F)C2=O. The van der Waals surface area contributed by atoms with Crippen molar-refractivity contribution in [2.45, 2.75) is 25.9 Å². The van der Waals surface area contributed by atoms with Crippen molar-refractivity contribution in [3.8, 4) is 17.3 Å².